The zero-order valence-electron chi connectivity index (χ0n) is 9.75. The molecule has 17 heavy (non-hydrogen) atoms. The molecule has 1 aromatic carbocycles. The van der Waals surface area contributed by atoms with Crippen LogP contribution < -0.4 is 0 Å². The summed E-state index contributed by atoms with van der Waals surface area (Å²) >= 11 is 2.03. The molecule has 0 aliphatic carbocycles. The van der Waals surface area contributed by atoms with E-state index in [-0.39, 0.29) is 11.7 Å². The Kier molecular flexibility index (Phi) is 4.01. The fraction of sp³-hybridized carbons (Fsp3) is 0.462. The molecule has 1 unspecified atom stereocenters. The molecular weight excluding hydrogens is 332 g/mol. The molecule has 0 N–H and O–H groups in total. The summed E-state index contributed by atoms with van der Waals surface area (Å²) in [5, 5.41) is 0. The Labute approximate surface area is 114 Å². The average Bonchev–Trinajstić information content (AvgIpc) is 2.26. The van der Waals surface area contributed by atoms with Crippen molar-refractivity contribution in [1.29, 1.82) is 0 Å². The Bertz CT molecular complexity index is 415. The van der Waals surface area contributed by atoms with Crippen molar-refractivity contribution in [3.63, 3.8) is 0 Å². The quantitative estimate of drug-likeness (QED) is 0.714. The standard InChI is InChI=1S/C13H15FINO/c1-9-3-2-4-16(8-9)13(17)10-5-11(14)7-12(15)6-10/h5-7,9H,2-4,8H2,1H3. The lowest BCUT2D eigenvalue weighted by Crippen LogP contribution is -2.39. The van der Waals surface area contributed by atoms with Crippen LogP contribution in [0.4, 0.5) is 4.39 Å². The Morgan fingerprint density at radius 1 is 1.47 bits per heavy atom. The number of likely N-dealkylation sites (tertiary alicyclic amines) is 1. The Morgan fingerprint density at radius 2 is 2.24 bits per heavy atom. The highest BCUT2D eigenvalue weighted by atomic mass is 127. The molecule has 0 spiro atoms. The monoisotopic (exact) mass is 347 g/mol. The van der Waals surface area contributed by atoms with Gasteiger partial charge < -0.3 is 4.90 Å². The van der Waals surface area contributed by atoms with Gasteiger partial charge in [-0.3, -0.25) is 4.79 Å². The van der Waals surface area contributed by atoms with Gasteiger partial charge in [-0.25, -0.2) is 4.39 Å². The first-order valence-corrected chi connectivity index (χ1v) is 6.89. The van der Waals surface area contributed by atoms with Crippen LogP contribution in [0.2, 0.25) is 0 Å². The number of benzene rings is 1. The molecule has 92 valence electrons. The molecule has 1 heterocycles. The van der Waals surface area contributed by atoms with Crippen LogP contribution in [-0.2, 0) is 0 Å². The second kappa shape index (κ2) is 5.33. The molecule has 1 atom stereocenters. The van der Waals surface area contributed by atoms with Crippen LogP contribution in [0.15, 0.2) is 18.2 Å². The smallest absolute Gasteiger partial charge is 0.254 e. The van der Waals surface area contributed by atoms with Gasteiger partial charge in [-0.15, -0.1) is 0 Å². The van der Waals surface area contributed by atoms with Gasteiger partial charge in [-0.05, 0) is 59.5 Å². The number of rotatable bonds is 1. The van der Waals surface area contributed by atoms with E-state index in [2.05, 4.69) is 6.92 Å². The van der Waals surface area contributed by atoms with Crippen molar-refractivity contribution in [2.75, 3.05) is 13.1 Å². The summed E-state index contributed by atoms with van der Waals surface area (Å²) in [7, 11) is 0. The summed E-state index contributed by atoms with van der Waals surface area (Å²) in [5.74, 6) is 0.152. The molecule has 2 nitrogen and oxygen atoms in total. The lowest BCUT2D eigenvalue weighted by molar-refractivity contribution is 0.0682. The molecule has 1 saturated heterocycles. The fourth-order valence-corrected chi connectivity index (χ4v) is 2.87. The largest absolute Gasteiger partial charge is 0.338 e. The lowest BCUT2D eigenvalue weighted by atomic mass is 9.99. The van der Waals surface area contributed by atoms with E-state index in [4.69, 9.17) is 0 Å². The van der Waals surface area contributed by atoms with Crippen LogP contribution >= 0.6 is 22.6 Å². The Balaban J connectivity index is 2.18. The molecule has 1 aliphatic heterocycles. The maximum absolute atomic E-state index is 13.3. The number of hydrogen-bond donors (Lipinski definition) is 0. The van der Waals surface area contributed by atoms with Crippen molar-refractivity contribution in [3.8, 4) is 0 Å². The average molecular weight is 347 g/mol. The first-order valence-electron chi connectivity index (χ1n) is 5.81. The Hall–Kier alpha value is -0.650. The van der Waals surface area contributed by atoms with E-state index in [1.165, 1.54) is 18.6 Å². The molecule has 1 fully saturated rings. The van der Waals surface area contributed by atoms with E-state index < -0.39 is 0 Å². The van der Waals surface area contributed by atoms with Gasteiger partial charge in [0.1, 0.15) is 5.82 Å². The van der Waals surface area contributed by atoms with Crippen molar-refractivity contribution >= 4 is 28.5 Å². The van der Waals surface area contributed by atoms with E-state index in [1.54, 1.807) is 6.07 Å². The molecule has 0 saturated carbocycles. The van der Waals surface area contributed by atoms with Gasteiger partial charge in [-0.1, -0.05) is 6.92 Å². The van der Waals surface area contributed by atoms with Gasteiger partial charge in [0.25, 0.3) is 5.91 Å². The second-order valence-corrected chi connectivity index (χ2v) is 5.90. The summed E-state index contributed by atoms with van der Waals surface area (Å²) in [6.07, 6.45) is 2.21. The summed E-state index contributed by atoms with van der Waals surface area (Å²) in [6.45, 7) is 3.72. The van der Waals surface area contributed by atoms with Gasteiger partial charge in [0.15, 0.2) is 0 Å². The van der Waals surface area contributed by atoms with Gasteiger partial charge in [0.2, 0.25) is 0 Å². The maximum Gasteiger partial charge on any atom is 0.254 e. The molecule has 4 heteroatoms. The number of hydrogen-bond acceptors (Lipinski definition) is 1. The molecule has 0 bridgehead atoms. The molecule has 1 aliphatic rings. The van der Waals surface area contributed by atoms with Crippen molar-refractivity contribution in [2.24, 2.45) is 5.92 Å². The number of carbonyl (C=O) groups is 1. The van der Waals surface area contributed by atoms with Gasteiger partial charge in [0.05, 0.1) is 0 Å². The highest BCUT2D eigenvalue weighted by Gasteiger charge is 2.22. The van der Waals surface area contributed by atoms with E-state index in [0.717, 1.165) is 23.1 Å². The minimum atomic E-state index is -0.342. The molecule has 2 rings (SSSR count). The van der Waals surface area contributed by atoms with Gasteiger partial charge in [0, 0.05) is 22.2 Å². The minimum absolute atomic E-state index is 0.0473. The Morgan fingerprint density at radius 3 is 2.88 bits per heavy atom. The van der Waals surface area contributed by atoms with Crippen molar-refractivity contribution in [1.82, 2.24) is 4.90 Å². The number of halogens is 2. The van der Waals surface area contributed by atoms with Crippen LogP contribution in [0.3, 0.4) is 0 Å². The maximum atomic E-state index is 13.3. The van der Waals surface area contributed by atoms with Crippen LogP contribution in [0.5, 0.6) is 0 Å². The topological polar surface area (TPSA) is 20.3 Å². The molecular formula is C13H15FINO. The van der Waals surface area contributed by atoms with Crippen LogP contribution in [-0.4, -0.2) is 23.9 Å². The molecule has 0 aromatic heterocycles. The third-order valence-corrected chi connectivity index (χ3v) is 3.68. The third kappa shape index (κ3) is 3.18. The van der Waals surface area contributed by atoms with Crippen molar-refractivity contribution in [3.05, 3.63) is 33.1 Å². The van der Waals surface area contributed by atoms with E-state index >= 15 is 0 Å². The summed E-state index contributed by atoms with van der Waals surface area (Å²) < 4.78 is 14.0. The first kappa shape index (κ1) is 12.8. The zero-order chi connectivity index (χ0) is 12.4. The van der Waals surface area contributed by atoms with Crippen LogP contribution in [0, 0.1) is 15.3 Å². The van der Waals surface area contributed by atoms with Gasteiger partial charge >= 0.3 is 0 Å². The van der Waals surface area contributed by atoms with Crippen molar-refractivity contribution < 1.29 is 9.18 Å². The zero-order valence-corrected chi connectivity index (χ0v) is 11.9. The summed E-state index contributed by atoms with van der Waals surface area (Å²) in [5.41, 5.74) is 0.462. The number of piperidine rings is 1. The number of nitrogens with zero attached hydrogens (tertiary/aromatic N) is 1. The number of amides is 1. The molecule has 1 aromatic rings. The van der Waals surface area contributed by atoms with Crippen molar-refractivity contribution in [2.45, 2.75) is 19.8 Å². The highest BCUT2D eigenvalue weighted by Crippen LogP contribution is 2.19. The molecule has 0 radical (unpaired) electrons. The SMILES string of the molecule is CC1CCCN(C(=O)c2cc(F)cc(I)c2)C1. The second-order valence-electron chi connectivity index (χ2n) is 4.66. The first-order chi connectivity index (χ1) is 8.06. The summed E-state index contributed by atoms with van der Waals surface area (Å²) in [4.78, 5) is 14.0. The normalized spacial score (nSPS) is 20.4. The van der Waals surface area contributed by atoms with E-state index in [1.807, 2.05) is 27.5 Å². The predicted octanol–water partition coefficient (Wildman–Crippen LogP) is 3.30. The number of carbonyl (C=O) groups excluding carboxylic acids is 1. The third-order valence-electron chi connectivity index (χ3n) is 3.05. The van der Waals surface area contributed by atoms with E-state index in [0.29, 0.717) is 11.5 Å². The lowest BCUT2D eigenvalue weighted by Gasteiger charge is -2.31. The minimum Gasteiger partial charge on any atom is -0.338 e. The molecule has 1 amide bonds. The van der Waals surface area contributed by atoms with Crippen LogP contribution in [0.25, 0.3) is 0 Å². The highest BCUT2D eigenvalue weighted by molar-refractivity contribution is 14.1. The predicted molar refractivity (Wildman–Crippen MR) is 73.4 cm³/mol. The van der Waals surface area contributed by atoms with Crippen LogP contribution in [0.1, 0.15) is 30.1 Å². The fourth-order valence-electron chi connectivity index (χ4n) is 2.23. The summed E-state index contributed by atoms with van der Waals surface area (Å²) in [6, 6.07) is 4.49. The van der Waals surface area contributed by atoms with Gasteiger partial charge in [-0.2, -0.15) is 0 Å². The van der Waals surface area contributed by atoms with E-state index in [9.17, 15) is 9.18 Å².